The van der Waals surface area contributed by atoms with Crippen molar-refractivity contribution in [2.75, 3.05) is 19.6 Å². The second kappa shape index (κ2) is 4.55. The molecule has 1 saturated carbocycles. The van der Waals surface area contributed by atoms with Gasteiger partial charge >= 0.3 is 0 Å². The predicted molar refractivity (Wildman–Crippen MR) is 72.1 cm³/mol. The van der Waals surface area contributed by atoms with Gasteiger partial charge in [-0.15, -0.1) is 0 Å². The van der Waals surface area contributed by atoms with E-state index in [0.29, 0.717) is 5.41 Å². The lowest BCUT2D eigenvalue weighted by Crippen LogP contribution is -2.49. The van der Waals surface area contributed by atoms with E-state index >= 15 is 0 Å². The first kappa shape index (κ1) is 12.0. The molecule has 0 amide bonds. The van der Waals surface area contributed by atoms with Crippen LogP contribution in [0.1, 0.15) is 52.4 Å². The van der Waals surface area contributed by atoms with Crippen LogP contribution in [-0.4, -0.2) is 36.6 Å². The zero-order valence-electron chi connectivity index (χ0n) is 11.5. The zero-order valence-corrected chi connectivity index (χ0v) is 11.5. The number of rotatable bonds is 2. The zero-order chi connectivity index (χ0) is 11.9. The van der Waals surface area contributed by atoms with E-state index in [9.17, 15) is 0 Å². The number of piperidine rings is 1. The van der Waals surface area contributed by atoms with Crippen LogP contribution >= 0.6 is 0 Å². The Labute approximate surface area is 106 Å². The van der Waals surface area contributed by atoms with Crippen molar-refractivity contribution in [2.45, 2.75) is 64.5 Å². The molecule has 2 aliphatic heterocycles. The van der Waals surface area contributed by atoms with Crippen LogP contribution in [0.2, 0.25) is 0 Å². The summed E-state index contributed by atoms with van der Waals surface area (Å²) in [5, 5.41) is 4.00. The number of fused-ring (bicyclic) bond motifs is 2. The largest absolute Gasteiger partial charge is 0.311 e. The van der Waals surface area contributed by atoms with E-state index in [0.717, 1.165) is 18.0 Å². The molecule has 3 fully saturated rings. The molecule has 3 unspecified atom stereocenters. The van der Waals surface area contributed by atoms with Crippen molar-refractivity contribution in [3.63, 3.8) is 0 Å². The predicted octanol–water partition coefficient (Wildman–Crippen LogP) is 2.64. The highest BCUT2D eigenvalue weighted by Crippen LogP contribution is 2.36. The first-order valence-electron chi connectivity index (χ1n) is 7.61. The van der Waals surface area contributed by atoms with Crippen LogP contribution < -0.4 is 5.32 Å². The maximum absolute atomic E-state index is 4.00. The molecular weight excluding hydrogens is 208 g/mol. The maximum Gasteiger partial charge on any atom is 0.0123 e. The summed E-state index contributed by atoms with van der Waals surface area (Å²) in [6.45, 7) is 8.93. The lowest BCUT2D eigenvalue weighted by atomic mass is 9.75. The Kier molecular flexibility index (Phi) is 3.20. The summed E-state index contributed by atoms with van der Waals surface area (Å²) in [5.74, 6) is 0.957. The van der Waals surface area contributed by atoms with Crippen molar-refractivity contribution in [3.05, 3.63) is 0 Å². The SMILES string of the molecule is CC1(C)CCC(NC2CCN3CCC2C3)CC1. The number of hydrogen-bond donors (Lipinski definition) is 1. The Bertz CT molecular complexity index is 264. The van der Waals surface area contributed by atoms with E-state index in [-0.39, 0.29) is 0 Å². The Hall–Kier alpha value is -0.0800. The quantitative estimate of drug-likeness (QED) is 0.793. The van der Waals surface area contributed by atoms with Gasteiger partial charge in [0.1, 0.15) is 0 Å². The lowest BCUT2D eigenvalue weighted by molar-refractivity contribution is 0.163. The van der Waals surface area contributed by atoms with Crippen molar-refractivity contribution in [1.29, 1.82) is 0 Å². The van der Waals surface area contributed by atoms with Gasteiger partial charge in [-0.3, -0.25) is 0 Å². The Balaban J connectivity index is 1.50. The Morgan fingerprint density at radius 3 is 2.47 bits per heavy atom. The molecule has 2 heteroatoms. The van der Waals surface area contributed by atoms with E-state index in [1.165, 1.54) is 58.2 Å². The molecule has 0 spiro atoms. The summed E-state index contributed by atoms with van der Waals surface area (Å²) < 4.78 is 0. The fraction of sp³-hybridized carbons (Fsp3) is 1.00. The standard InChI is InChI=1S/C15H28N2/c1-15(2)7-3-13(4-8-15)16-14-6-10-17-9-5-12(14)11-17/h12-14,16H,3-11H2,1-2H3. The average molecular weight is 236 g/mol. The van der Waals surface area contributed by atoms with Crippen LogP contribution in [0.15, 0.2) is 0 Å². The van der Waals surface area contributed by atoms with Gasteiger partial charge in [-0.05, 0) is 62.9 Å². The molecule has 2 bridgehead atoms. The second-order valence-electron chi connectivity index (χ2n) is 7.35. The van der Waals surface area contributed by atoms with Gasteiger partial charge in [0.05, 0.1) is 0 Å². The van der Waals surface area contributed by atoms with Gasteiger partial charge in [-0.1, -0.05) is 13.8 Å². The molecule has 2 saturated heterocycles. The van der Waals surface area contributed by atoms with Crippen LogP contribution in [0.4, 0.5) is 0 Å². The summed E-state index contributed by atoms with van der Waals surface area (Å²) in [6, 6.07) is 1.65. The molecule has 0 aromatic carbocycles. The number of nitrogens with zero attached hydrogens (tertiary/aromatic N) is 1. The topological polar surface area (TPSA) is 15.3 Å². The molecule has 3 rings (SSSR count). The summed E-state index contributed by atoms with van der Waals surface area (Å²) in [6.07, 6.45) is 8.46. The van der Waals surface area contributed by atoms with E-state index in [1.54, 1.807) is 0 Å². The normalized spacial score (nSPS) is 41.6. The highest BCUT2D eigenvalue weighted by molar-refractivity contribution is 4.93. The summed E-state index contributed by atoms with van der Waals surface area (Å²) in [4.78, 5) is 2.65. The summed E-state index contributed by atoms with van der Waals surface area (Å²) in [5.41, 5.74) is 0.606. The molecule has 3 atom stereocenters. The third-order valence-corrected chi connectivity index (χ3v) is 5.42. The Morgan fingerprint density at radius 2 is 1.71 bits per heavy atom. The first-order chi connectivity index (χ1) is 8.12. The molecule has 3 aliphatic rings. The van der Waals surface area contributed by atoms with E-state index in [1.807, 2.05) is 0 Å². The summed E-state index contributed by atoms with van der Waals surface area (Å²) >= 11 is 0. The molecule has 2 nitrogen and oxygen atoms in total. The van der Waals surface area contributed by atoms with Gasteiger partial charge in [-0.25, -0.2) is 0 Å². The molecule has 17 heavy (non-hydrogen) atoms. The van der Waals surface area contributed by atoms with Crippen molar-refractivity contribution in [2.24, 2.45) is 11.3 Å². The molecule has 1 aliphatic carbocycles. The molecule has 2 heterocycles. The minimum Gasteiger partial charge on any atom is -0.311 e. The third kappa shape index (κ3) is 2.68. The highest BCUT2D eigenvalue weighted by Gasteiger charge is 2.36. The Morgan fingerprint density at radius 1 is 1.00 bits per heavy atom. The van der Waals surface area contributed by atoms with E-state index in [2.05, 4.69) is 24.1 Å². The fourth-order valence-electron chi connectivity index (χ4n) is 4.04. The second-order valence-corrected chi connectivity index (χ2v) is 7.35. The third-order valence-electron chi connectivity index (χ3n) is 5.42. The number of nitrogens with one attached hydrogen (secondary N) is 1. The van der Waals surface area contributed by atoms with Crippen LogP contribution in [0.5, 0.6) is 0 Å². The van der Waals surface area contributed by atoms with Crippen molar-refractivity contribution < 1.29 is 0 Å². The molecule has 1 N–H and O–H groups in total. The van der Waals surface area contributed by atoms with Crippen molar-refractivity contribution >= 4 is 0 Å². The minimum absolute atomic E-state index is 0.606. The van der Waals surface area contributed by atoms with Gasteiger partial charge in [0, 0.05) is 18.6 Å². The minimum atomic E-state index is 0.606. The molecule has 0 aromatic rings. The van der Waals surface area contributed by atoms with Gasteiger partial charge < -0.3 is 10.2 Å². The van der Waals surface area contributed by atoms with Crippen molar-refractivity contribution in [1.82, 2.24) is 10.2 Å². The van der Waals surface area contributed by atoms with Gasteiger partial charge in [0.2, 0.25) is 0 Å². The van der Waals surface area contributed by atoms with Gasteiger partial charge in [0.25, 0.3) is 0 Å². The highest BCUT2D eigenvalue weighted by atomic mass is 15.2. The maximum atomic E-state index is 4.00. The van der Waals surface area contributed by atoms with Crippen LogP contribution in [-0.2, 0) is 0 Å². The van der Waals surface area contributed by atoms with E-state index in [4.69, 9.17) is 0 Å². The fourth-order valence-corrected chi connectivity index (χ4v) is 4.04. The molecule has 0 radical (unpaired) electrons. The molecule has 0 aromatic heterocycles. The van der Waals surface area contributed by atoms with Gasteiger partial charge in [0.15, 0.2) is 0 Å². The molecular formula is C15H28N2. The first-order valence-corrected chi connectivity index (χ1v) is 7.61. The van der Waals surface area contributed by atoms with Crippen LogP contribution in [0.3, 0.4) is 0 Å². The number of hydrogen-bond acceptors (Lipinski definition) is 2. The van der Waals surface area contributed by atoms with Gasteiger partial charge in [-0.2, -0.15) is 0 Å². The monoisotopic (exact) mass is 236 g/mol. The lowest BCUT2D eigenvalue weighted by Gasteiger charge is -2.39. The average Bonchev–Trinajstić information content (AvgIpc) is 2.68. The van der Waals surface area contributed by atoms with Crippen molar-refractivity contribution in [3.8, 4) is 0 Å². The van der Waals surface area contributed by atoms with Crippen LogP contribution in [0, 0.1) is 11.3 Å². The van der Waals surface area contributed by atoms with Crippen LogP contribution in [0.25, 0.3) is 0 Å². The molecule has 98 valence electrons. The summed E-state index contributed by atoms with van der Waals surface area (Å²) in [7, 11) is 0. The van der Waals surface area contributed by atoms with E-state index < -0.39 is 0 Å². The smallest absolute Gasteiger partial charge is 0.0123 e.